The molecule has 0 unspecified atom stereocenters. The van der Waals surface area contributed by atoms with E-state index in [9.17, 15) is 14.4 Å². The van der Waals surface area contributed by atoms with Crippen molar-refractivity contribution >= 4 is 17.7 Å². The van der Waals surface area contributed by atoms with Crippen LogP contribution in [0.1, 0.15) is 23.2 Å². The Morgan fingerprint density at radius 3 is 2.12 bits per heavy atom. The fourth-order valence-electron chi connectivity index (χ4n) is 2.00. The zero-order valence-electron chi connectivity index (χ0n) is 13.6. The lowest BCUT2D eigenvalue weighted by Crippen LogP contribution is -2.49. The van der Waals surface area contributed by atoms with Gasteiger partial charge in [-0.2, -0.15) is 0 Å². The van der Waals surface area contributed by atoms with Crippen molar-refractivity contribution in [1.29, 1.82) is 0 Å². The number of methoxy groups -OCH3 is 3. The SMILES string of the molecule is COc1ccc(C(=O)NNC(=O)C(=O)NC2CC2)c(OC)c1OC. The number of carbonyl (C=O) groups is 3. The highest BCUT2D eigenvalue weighted by Gasteiger charge is 2.27. The van der Waals surface area contributed by atoms with Crippen LogP contribution < -0.4 is 30.4 Å². The van der Waals surface area contributed by atoms with Crippen LogP contribution in [-0.4, -0.2) is 45.1 Å². The van der Waals surface area contributed by atoms with Gasteiger partial charge in [0.15, 0.2) is 11.5 Å². The number of rotatable bonds is 5. The monoisotopic (exact) mass is 337 g/mol. The molecule has 0 spiro atoms. The second kappa shape index (κ2) is 7.53. The van der Waals surface area contributed by atoms with Gasteiger partial charge in [0.1, 0.15) is 0 Å². The molecule has 1 aliphatic rings. The number of amides is 3. The van der Waals surface area contributed by atoms with Gasteiger partial charge in [0, 0.05) is 6.04 Å². The van der Waals surface area contributed by atoms with Crippen LogP contribution in [0, 0.1) is 0 Å². The summed E-state index contributed by atoms with van der Waals surface area (Å²) in [4.78, 5) is 35.3. The molecule has 0 radical (unpaired) electrons. The van der Waals surface area contributed by atoms with E-state index in [1.165, 1.54) is 33.5 Å². The molecule has 1 aromatic rings. The van der Waals surface area contributed by atoms with Crippen molar-refractivity contribution in [2.24, 2.45) is 0 Å². The van der Waals surface area contributed by atoms with E-state index in [1.54, 1.807) is 0 Å². The maximum atomic E-state index is 12.2. The Kier molecular flexibility index (Phi) is 5.46. The van der Waals surface area contributed by atoms with Crippen molar-refractivity contribution in [1.82, 2.24) is 16.2 Å². The number of benzene rings is 1. The highest BCUT2D eigenvalue weighted by Crippen LogP contribution is 2.39. The van der Waals surface area contributed by atoms with Crippen LogP contribution >= 0.6 is 0 Å². The molecule has 0 aromatic heterocycles. The van der Waals surface area contributed by atoms with E-state index in [0.29, 0.717) is 5.75 Å². The normalized spacial score (nSPS) is 12.8. The largest absolute Gasteiger partial charge is 0.493 e. The number of ether oxygens (including phenoxy) is 3. The van der Waals surface area contributed by atoms with Gasteiger partial charge in [-0.1, -0.05) is 0 Å². The lowest BCUT2D eigenvalue weighted by atomic mass is 10.1. The van der Waals surface area contributed by atoms with E-state index in [4.69, 9.17) is 14.2 Å². The Balaban J connectivity index is 2.06. The first-order chi connectivity index (χ1) is 11.5. The number of carbonyl (C=O) groups excluding carboxylic acids is 3. The molecule has 0 atom stereocenters. The zero-order chi connectivity index (χ0) is 17.7. The summed E-state index contributed by atoms with van der Waals surface area (Å²) in [6, 6.07) is 3.02. The predicted molar refractivity (Wildman–Crippen MR) is 82.9 cm³/mol. The molecular formula is C15H19N3O6. The van der Waals surface area contributed by atoms with Crippen molar-refractivity contribution in [2.75, 3.05) is 21.3 Å². The summed E-state index contributed by atoms with van der Waals surface area (Å²) in [6.07, 6.45) is 1.71. The topological polar surface area (TPSA) is 115 Å². The van der Waals surface area contributed by atoms with E-state index in [1.807, 2.05) is 0 Å². The highest BCUT2D eigenvalue weighted by atomic mass is 16.5. The van der Waals surface area contributed by atoms with E-state index < -0.39 is 17.7 Å². The average molecular weight is 337 g/mol. The minimum absolute atomic E-state index is 0.0462. The van der Waals surface area contributed by atoms with Crippen molar-refractivity contribution in [3.63, 3.8) is 0 Å². The first kappa shape index (κ1) is 17.4. The molecule has 24 heavy (non-hydrogen) atoms. The predicted octanol–water partition coefficient (Wildman–Crippen LogP) is -0.248. The van der Waals surface area contributed by atoms with Crippen LogP contribution in [0.4, 0.5) is 0 Å². The summed E-state index contributed by atoms with van der Waals surface area (Å²) < 4.78 is 15.5. The third kappa shape index (κ3) is 3.86. The van der Waals surface area contributed by atoms with Crippen LogP contribution in [0.3, 0.4) is 0 Å². The molecular weight excluding hydrogens is 318 g/mol. The Morgan fingerprint density at radius 1 is 0.917 bits per heavy atom. The van der Waals surface area contributed by atoms with Gasteiger partial charge < -0.3 is 19.5 Å². The van der Waals surface area contributed by atoms with Crippen LogP contribution in [0.15, 0.2) is 12.1 Å². The maximum Gasteiger partial charge on any atom is 0.327 e. The van der Waals surface area contributed by atoms with Gasteiger partial charge in [-0.05, 0) is 25.0 Å². The van der Waals surface area contributed by atoms with Crippen LogP contribution in [0.5, 0.6) is 17.2 Å². The van der Waals surface area contributed by atoms with Gasteiger partial charge in [0.05, 0.1) is 26.9 Å². The smallest absolute Gasteiger partial charge is 0.327 e. The number of hydrogen-bond acceptors (Lipinski definition) is 6. The van der Waals surface area contributed by atoms with Gasteiger partial charge >= 0.3 is 11.8 Å². The fraction of sp³-hybridized carbons (Fsp3) is 0.400. The molecule has 0 saturated heterocycles. The first-order valence-electron chi connectivity index (χ1n) is 7.22. The molecule has 1 aromatic carbocycles. The Labute approximate surface area is 138 Å². The molecule has 1 aliphatic carbocycles. The van der Waals surface area contributed by atoms with Gasteiger partial charge in [-0.15, -0.1) is 0 Å². The third-order valence-corrected chi connectivity index (χ3v) is 3.36. The standard InChI is InChI=1S/C15H19N3O6/c1-22-10-7-6-9(11(23-2)12(10)24-3)13(19)17-18-15(21)14(20)16-8-4-5-8/h6-8H,4-5H2,1-3H3,(H,16,20)(H,17,19)(H,18,21). The molecule has 130 valence electrons. The molecule has 3 amide bonds. The van der Waals surface area contributed by atoms with Gasteiger partial charge in [0.25, 0.3) is 5.91 Å². The van der Waals surface area contributed by atoms with Crippen molar-refractivity contribution in [3.05, 3.63) is 17.7 Å². The molecule has 3 N–H and O–H groups in total. The van der Waals surface area contributed by atoms with E-state index in [-0.39, 0.29) is 23.1 Å². The minimum atomic E-state index is -0.949. The first-order valence-corrected chi connectivity index (χ1v) is 7.22. The molecule has 1 fully saturated rings. The molecule has 2 rings (SSSR count). The maximum absolute atomic E-state index is 12.2. The third-order valence-electron chi connectivity index (χ3n) is 3.36. The minimum Gasteiger partial charge on any atom is -0.493 e. The van der Waals surface area contributed by atoms with Crippen LogP contribution in [0.2, 0.25) is 0 Å². The fourth-order valence-corrected chi connectivity index (χ4v) is 2.00. The summed E-state index contributed by atoms with van der Waals surface area (Å²) in [5.74, 6) is -1.64. The summed E-state index contributed by atoms with van der Waals surface area (Å²) in [5, 5.41) is 2.51. The summed E-state index contributed by atoms with van der Waals surface area (Å²) in [7, 11) is 4.23. The van der Waals surface area contributed by atoms with Crippen LogP contribution in [-0.2, 0) is 9.59 Å². The van der Waals surface area contributed by atoms with Gasteiger partial charge in [0.2, 0.25) is 5.75 Å². The Hall–Kier alpha value is -2.97. The summed E-state index contributed by atoms with van der Waals surface area (Å²) >= 11 is 0. The quantitative estimate of drug-likeness (QED) is 0.504. The van der Waals surface area contributed by atoms with E-state index in [0.717, 1.165) is 12.8 Å². The van der Waals surface area contributed by atoms with E-state index in [2.05, 4.69) is 16.2 Å². The number of hydrazine groups is 1. The van der Waals surface area contributed by atoms with Crippen molar-refractivity contribution in [2.45, 2.75) is 18.9 Å². The molecule has 9 heteroatoms. The average Bonchev–Trinajstić information content (AvgIpc) is 3.41. The lowest BCUT2D eigenvalue weighted by molar-refractivity contribution is -0.139. The lowest BCUT2D eigenvalue weighted by Gasteiger charge is -2.15. The van der Waals surface area contributed by atoms with Crippen molar-refractivity contribution in [3.8, 4) is 17.2 Å². The molecule has 0 aliphatic heterocycles. The molecule has 1 saturated carbocycles. The van der Waals surface area contributed by atoms with Crippen LogP contribution in [0.25, 0.3) is 0 Å². The summed E-state index contributed by atoms with van der Waals surface area (Å²) in [5.41, 5.74) is 4.32. The summed E-state index contributed by atoms with van der Waals surface area (Å²) in [6.45, 7) is 0. The molecule has 9 nitrogen and oxygen atoms in total. The Bertz CT molecular complexity index is 657. The van der Waals surface area contributed by atoms with E-state index >= 15 is 0 Å². The molecule has 0 heterocycles. The van der Waals surface area contributed by atoms with Crippen molar-refractivity contribution < 1.29 is 28.6 Å². The second-order valence-electron chi connectivity index (χ2n) is 5.04. The highest BCUT2D eigenvalue weighted by molar-refractivity contribution is 6.35. The van der Waals surface area contributed by atoms with Gasteiger partial charge in [-0.3, -0.25) is 25.2 Å². The number of hydrogen-bond donors (Lipinski definition) is 3. The van der Waals surface area contributed by atoms with Gasteiger partial charge in [-0.25, -0.2) is 0 Å². The zero-order valence-corrected chi connectivity index (χ0v) is 13.6. The number of nitrogens with one attached hydrogen (secondary N) is 3. The second-order valence-corrected chi connectivity index (χ2v) is 5.04. The Morgan fingerprint density at radius 2 is 1.58 bits per heavy atom. The molecule has 0 bridgehead atoms.